The van der Waals surface area contributed by atoms with Crippen LogP contribution in [0.2, 0.25) is 0 Å². The van der Waals surface area contributed by atoms with Crippen LogP contribution in [0, 0.1) is 0 Å². The van der Waals surface area contributed by atoms with Gasteiger partial charge in [-0.1, -0.05) is 18.2 Å². The highest BCUT2D eigenvalue weighted by Gasteiger charge is 2.07. The third-order valence-electron chi connectivity index (χ3n) is 1.91. The Bertz CT molecular complexity index is 357. The van der Waals surface area contributed by atoms with Gasteiger partial charge >= 0.3 is 0 Å². The molecule has 0 saturated heterocycles. The number of para-hydroxylation sites is 1. The molecule has 0 spiro atoms. The van der Waals surface area contributed by atoms with Gasteiger partial charge in [-0.05, 0) is 25.1 Å². The number of aliphatic imine (C=N–C) groups is 1. The molecule has 0 bridgehead atoms. The molecule has 0 fully saturated rings. The zero-order valence-corrected chi connectivity index (χ0v) is 7.97. The lowest BCUT2D eigenvalue weighted by Gasteiger charge is -2.18. The second-order valence-corrected chi connectivity index (χ2v) is 3.08. The minimum Gasteiger partial charge on any atom is -0.467 e. The van der Waals surface area contributed by atoms with Crippen molar-refractivity contribution in [2.24, 2.45) is 4.99 Å². The molecule has 1 heterocycles. The fraction of sp³-hybridized carbons (Fsp3) is 0.182. The van der Waals surface area contributed by atoms with Gasteiger partial charge in [0.25, 0.3) is 0 Å². The van der Waals surface area contributed by atoms with Crippen LogP contribution in [-0.4, -0.2) is 12.6 Å². The maximum Gasteiger partial charge on any atom is 0.192 e. The van der Waals surface area contributed by atoms with Gasteiger partial charge in [-0.15, -0.1) is 0 Å². The summed E-state index contributed by atoms with van der Waals surface area (Å²) in [4.78, 5) is 4.07. The SMILES string of the molecule is CC1=CC(Oc2ccccc2)NC=N1. The van der Waals surface area contributed by atoms with E-state index in [-0.39, 0.29) is 6.23 Å². The second kappa shape index (κ2) is 3.96. The number of hydrogen-bond acceptors (Lipinski definition) is 3. The first-order chi connectivity index (χ1) is 6.84. The van der Waals surface area contributed by atoms with E-state index in [1.165, 1.54) is 0 Å². The summed E-state index contributed by atoms with van der Waals surface area (Å²) >= 11 is 0. The fourth-order valence-corrected chi connectivity index (χ4v) is 1.24. The molecule has 1 aromatic carbocycles. The quantitative estimate of drug-likeness (QED) is 0.769. The Balaban J connectivity index is 2.03. The number of ether oxygens (including phenoxy) is 1. The molecule has 1 unspecified atom stereocenters. The minimum absolute atomic E-state index is 0.116. The molecule has 1 aliphatic heterocycles. The minimum atomic E-state index is -0.116. The van der Waals surface area contributed by atoms with Crippen molar-refractivity contribution in [3.05, 3.63) is 42.1 Å². The van der Waals surface area contributed by atoms with Gasteiger partial charge in [-0.2, -0.15) is 0 Å². The smallest absolute Gasteiger partial charge is 0.192 e. The van der Waals surface area contributed by atoms with Crippen LogP contribution in [0.1, 0.15) is 6.92 Å². The van der Waals surface area contributed by atoms with Crippen molar-refractivity contribution >= 4 is 6.34 Å². The van der Waals surface area contributed by atoms with Crippen molar-refractivity contribution in [1.82, 2.24) is 5.32 Å². The van der Waals surface area contributed by atoms with Gasteiger partial charge in [0.15, 0.2) is 6.23 Å². The Morgan fingerprint density at radius 3 is 2.79 bits per heavy atom. The van der Waals surface area contributed by atoms with E-state index in [1.807, 2.05) is 43.3 Å². The number of allylic oxidation sites excluding steroid dienone is 1. The highest BCUT2D eigenvalue weighted by Crippen LogP contribution is 2.12. The van der Waals surface area contributed by atoms with E-state index in [0.29, 0.717) is 0 Å². The van der Waals surface area contributed by atoms with E-state index >= 15 is 0 Å². The summed E-state index contributed by atoms with van der Waals surface area (Å²) in [6.45, 7) is 1.94. The molecule has 1 atom stereocenters. The van der Waals surface area contributed by atoms with Crippen molar-refractivity contribution in [2.75, 3.05) is 0 Å². The summed E-state index contributed by atoms with van der Waals surface area (Å²) in [6.07, 6.45) is 3.48. The summed E-state index contributed by atoms with van der Waals surface area (Å²) in [5.74, 6) is 0.851. The van der Waals surface area contributed by atoms with Gasteiger partial charge in [-0.3, -0.25) is 0 Å². The average molecular weight is 188 g/mol. The molecular weight excluding hydrogens is 176 g/mol. The number of nitrogens with one attached hydrogen (secondary N) is 1. The van der Waals surface area contributed by atoms with Gasteiger partial charge in [0.2, 0.25) is 0 Å². The maximum absolute atomic E-state index is 5.65. The van der Waals surface area contributed by atoms with E-state index < -0.39 is 0 Å². The number of benzene rings is 1. The van der Waals surface area contributed by atoms with Gasteiger partial charge < -0.3 is 10.1 Å². The molecule has 1 N–H and O–H groups in total. The Hall–Kier alpha value is -1.77. The summed E-state index contributed by atoms with van der Waals surface area (Å²) < 4.78 is 5.65. The van der Waals surface area contributed by atoms with E-state index in [0.717, 1.165) is 11.4 Å². The third kappa shape index (κ3) is 2.13. The van der Waals surface area contributed by atoms with Crippen LogP contribution in [0.5, 0.6) is 5.75 Å². The molecule has 1 aliphatic rings. The molecule has 2 rings (SSSR count). The van der Waals surface area contributed by atoms with Gasteiger partial charge in [0.1, 0.15) is 5.75 Å². The summed E-state index contributed by atoms with van der Waals surface area (Å²) in [7, 11) is 0. The van der Waals surface area contributed by atoms with Crippen LogP contribution in [0.25, 0.3) is 0 Å². The number of nitrogens with zero attached hydrogens (tertiary/aromatic N) is 1. The van der Waals surface area contributed by atoms with Crippen LogP contribution in [0.4, 0.5) is 0 Å². The summed E-state index contributed by atoms with van der Waals surface area (Å²) in [6, 6.07) is 9.71. The molecule has 0 saturated carbocycles. The van der Waals surface area contributed by atoms with Gasteiger partial charge in [-0.25, -0.2) is 4.99 Å². The van der Waals surface area contributed by atoms with Crippen LogP contribution in [-0.2, 0) is 0 Å². The lowest BCUT2D eigenvalue weighted by atomic mass is 10.3. The molecule has 3 nitrogen and oxygen atoms in total. The Labute approximate surface area is 83.1 Å². The zero-order chi connectivity index (χ0) is 9.80. The Morgan fingerprint density at radius 2 is 2.07 bits per heavy atom. The molecule has 0 radical (unpaired) electrons. The van der Waals surface area contributed by atoms with Gasteiger partial charge in [0.05, 0.1) is 6.34 Å². The van der Waals surface area contributed by atoms with Crippen LogP contribution < -0.4 is 10.1 Å². The average Bonchev–Trinajstić information content (AvgIpc) is 2.19. The lowest BCUT2D eigenvalue weighted by molar-refractivity contribution is 0.234. The second-order valence-electron chi connectivity index (χ2n) is 3.08. The molecule has 0 amide bonds. The highest BCUT2D eigenvalue weighted by atomic mass is 16.5. The van der Waals surface area contributed by atoms with Crippen molar-refractivity contribution in [3.8, 4) is 5.75 Å². The first-order valence-electron chi connectivity index (χ1n) is 4.53. The van der Waals surface area contributed by atoms with Crippen LogP contribution in [0.15, 0.2) is 47.1 Å². The van der Waals surface area contributed by atoms with Crippen molar-refractivity contribution in [2.45, 2.75) is 13.2 Å². The number of hydrogen-bond donors (Lipinski definition) is 1. The fourth-order valence-electron chi connectivity index (χ4n) is 1.24. The highest BCUT2D eigenvalue weighted by molar-refractivity contribution is 5.58. The third-order valence-corrected chi connectivity index (χ3v) is 1.91. The predicted molar refractivity (Wildman–Crippen MR) is 56.2 cm³/mol. The normalized spacial score (nSPS) is 19.8. The largest absolute Gasteiger partial charge is 0.467 e. The Kier molecular flexibility index (Phi) is 2.49. The molecule has 72 valence electrons. The molecule has 14 heavy (non-hydrogen) atoms. The van der Waals surface area contributed by atoms with Crippen molar-refractivity contribution in [3.63, 3.8) is 0 Å². The Morgan fingerprint density at radius 1 is 1.29 bits per heavy atom. The molecule has 0 aliphatic carbocycles. The molecule has 1 aromatic rings. The van der Waals surface area contributed by atoms with Crippen molar-refractivity contribution < 1.29 is 4.74 Å². The number of rotatable bonds is 2. The molecule has 0 aromatic heterocycles. The maximum atomic E-state index is 5.65. The topological polar surface area (TPSA) is 33.6 Å². The van der Waals surface area contributed by atoms with E-state index in [4.69, 9.17) is 4.74 Å². The van der Waals surface area contributed by atoms with E-state index in [1.54, 1.807) is 6.34 Å². The summed E-state index contributed by atoms with van der Waals surface area (Å²) in [5, 5.41) is 3.01. The van der Waals surface area contributed by atoms with Gasteiger partial charge in [0, 0.05) is 5.70 Å². The first kappa shape index (κ1) is 8.81. The van der Waals surface area contributed by atoms with E-state index in [2.05, 4.69) is 10.3 Å². The van der Waals surface area contributed by atoms with Crippen molar-refractivity contribution in [1.29, 1.82) is 0 Å². The predicted octanol–water partition coefficient (Wildman–Crippen LogP) is 1.93. The molecule has 3 heteroatoms. The van der Waals surface area contributed by atoms with Crippen LogP contribution in [0.3, 0.4) is 0 Å². The standard InChI is InChI=1S/C11H12N2O/c1-9-7-11(13-8-12-9)14-10-5-3-2-4-6-10/h2-8,11H,1H3,(H,12,13). The van der Waals surface area contributed by atoms with E-state index in [9.17, 15) is 0 Å². The lowest BCUT2D eigenvalue weighted by Crippen LogP contribution is -2.33. The summed E-state index contributed by atoms with van der Waals surface area (Å²) in [5.41, 5.74) is 0.963. The molecular formula is C11H12N2O. The van der Waals surface area contributed by atoms with Crippen LogP contribution >= 0.6 is 0 Å². The zero-order valence-electron chi connectivity index (χ0n) is 7.97. The monoisotopic (exact) mass is 188 g/mol. The first-order valence-corrected chi connectivity index (χ1v) is 4.53.